The second kappa shape index (κ2) is 24.9. The Balaban J connectivity index is 1.81. The molecule has 0 aromatic rings. The molecule has 3 N–H and O–H groups in total. The Kier molecular flexibility index (Phi) is 21.9. The summed E-state index contributed by atoms with van der Waals surface area (Å²) in [6.45, 7) is 17.0. The predicted molar refractivity (Wildman–Crippen MR) is 216 cm³/mol. The van der Waals surface area contributed by atoms with E-state index in [0.717, 1.165) is 0 Å². The second-order valence-corrected chi connectivity index (χ2v) is 19.5. The Morgan fingerprint density at radius 2 is 0.983 bits per heavy atom. The number of carbonyl (C=O) groups excluding carboxylic acids is 1. The van der Waals surface area contributed by atoms with Crippen LogP contribution in [0.5, 0.6) is 0 Å². The summed E-state index contributed by atoms with van der Waals surface area (Å²) in [6, 6.07) is 3.98. The average Bonchev–Trinajstić information content (AvgIpc) is 3.20. The van der Waals surface area contributed by atoms with E-state index in [9.17, 15) is 29.6 Å². The first-order valence-corrected chi connectivity index (χ1v) is 24.3. The quantitative estimate of drug-likeness (QED) is 0.0704. The van der Waals surface area contributed by atoms with E-state index in [1.165, 1.54) is 0 Å². The summed E-state index contributed by atoms with van der Waals surface area (Å²) >= 11 is 0. The van der Waals surface area contributed by atoms with E-state index in [2.05, 4.69) is 0 Å². The van der Waals surface area contributed by atoms with Crippen LogP contribution in [0.4, 0.5) is 0 Å². The van der Waals surface area contributed by atoms with Crippen molar-refractivity contribution in [1.82, 2.24) is 0 Å². The highest BCUT2D eigenvalue weighted by molar-refractivity contribution is 7.48. The van der Waals surface area contributed by atoms with E-state index >= 15 is 0 Å². The summed E-state index contributed by atoms with van der Waals surface area (Å²) in [6.07, 6.45) is -2.23. The first-order chi connectivity index (χ1) is 28.0. The van der Waals surface area contributed by atoms with Crippen LogP contribution in [0.25, 0.3) is 0 Å². The van der Waals surface area contributed by atoms with Crippen LogP contribution in [0.3, 0.4) is 0 Å². The number of carbonyl (C=O) groups is 1. The van der Waals surface area contributed by atoms with Crippen LogP contribution in [0.1, 0.15) is 107 Å². The fourth-order valence-electron chi connectivity index (χ4n) is 8.28. The van der Waals surface area contributed by atoms with Crippen LogP contribution in [0.15, 0.2) is 0 Å². The van der Waals surface area contributed by atoms with Gasteiger partial charge in [0.2, 0.25) is 5.91 Å². The molecule has 3 rings (SSSR count). The predicted octanol–water partition coefficient (Wildman–Crippen LogP) is 6.86. The third-order valence-electron chi connectivity index (χ3n) is 12.1. The molecule has 59 heavy (non-hydrogen) atoms. The molecule has 0 bridgehead atoms. The van der Waals surface area contributed by atoms with E-state index in [-0.39, 0.29) is 94.1 Å². The van der Waals surface area contributed by atoms with Crippen molar-refractivity contribution >= 4 is 21.6 Å². The lowest BCUT2D eigenvalue weighted by atomic mass is 9.82. The van der Waals surface area contributed by atoms with Gasteiger partial charge in [-0.25, -0.2) is 9.13 Å². The number of ether oxygens (including phenoxy) is 4. The molecular weight excluding hydrogens is 808 g/mol. The van der Waals surface area contributed by atoms with Crippen molar-refractivity contribution in [1.29, 1.82) is 10.5 Å². The van der Waals surface area contributed by atoms with Crippen molar-refractivity contribution < 1.29 is 65.1 Å². The van der Waals surface area contributed by atoms with Gasteiger partial charge in [0.05, 0.1) is 113 Å². The summed E-state index contributed by atoms with van der Waals surface area (Å²) in [5.74, 6) is -2.17. The molecule has 17 atom stereocenters. The first kappa shape index (κ1) is 51.8. The number of hydrogen-bond donors (Lipinski definition) is 2. The van der Waals surface area contributed by atoms with Gasteiger partial charge in [0, 0.05) is 48.5 Å². The monoisotopic (exact) mass is 879 g/mol. The maximum Gasteiger partial charge on any atom is 0.475 e. The zero-order valence-corrected chi connectivity index (χ0v) is 38.3. The Morgan fingerprint density at radius 3 is 1.39 bits per heavy atom. The molecule has 0 aliphatic carbocycles. The number of hydrogen-bond acceptors (Lipinski definition) is 16. The number of phosphoric acid groups is 2. The zero-order chi connectivity index (χ0) is 43.9. The van der Waals surface area contributed by atoms with Gasteiger partial charge in [-0.2, -0.15) is 10.5 Å². The minimum Gasteiger partial charge on any atom is -0.392 e. The maximum atomic E-state index is 14.6. The normalized spacial score (nSPS) is 37.1. The lowest BCUT2D eigenvalue weighted by molar-refractivity contribution is -0.186. The van der Waals surface area contributed by atoms with Gasteiger partial charge >= 0.3 is 15.6 Å². The molecule has 17 nitrogen and oxygen atoms in total. The molecule has 3 heterocycles. The van der Waals surface area contributed by atoms with Crippen molar-refractivity contribution in [3.63, 3.8) is 0 Å². The van der Waals surface area contributed by atoms with Gasteiger partial charge in [0.25, 0.3) is 0 Å². The number of rotatable bonds is 25. The molecule has 11 unspecified atom stereocenters. The van der Waals surface area contributed by atoms with Crippen LogP contribution in [0.2, 0.25) is 0 Å². The summed E-state index contributed by atoms with van der Waals surface area (Å²) in [5.41, 5.74) is 5.26. The smallest absolute Gasteiger partial charge is 0.392 e. The molecule has 1 amide bonds. The third kappa shape index (κ3) is 14.8. The van der Waals surface area contributed by atoms with Gasteiger partial charge in [0.15, 0.2) is 0 Å². The van der Waals surface area contributed by atoms with Crippen molar-refractivity contribution in [3.05, 3.63) is 0 Å². The van der Waals surface area contributed by atoms with E-state index in [4.69, 9.17) is 51.8 Å². The van der Waals surface area contributed by atoms with Crippen LogP contribution in [-0.4, -0.2) is 106 Å². The molecule has 19 heteroatoms. The molecule has 0 aromatic heterocycles. The summed E-state index contributed by atoms with van der Waals surface area (Å²) in [5, 5.41) is 29.4. The number of nitriles is 2. The SMILES string of the molecule is CC[C@H]1O[C@@H](COP(=O)(OCCC#N)OC2C(C)[C@H](COP(=O)(OCCC#N)OC3C(C)[C@H](COCCCC(N)=O)O[C@H](CC)C3C)O[C@H](CC)C2C)C(C)C(O)C1C. The number of phosphoric ester groups is 2. The molecule has 3 saturated heterocycles. The Hall–Kier alpha value is -1.53. The highest BCUT2D eigenvalue weighted by Crippen LogP contribution is 2.57. The Bertz CT molecular complexity index is 1460. The van der Waals surface area contributed by atoms with Gasteiger partial charge in [-0.1, -0.05) is 62.3 Å². The van der Waals surface area contributed by atoms with Crippen molar-refractivity contribution in [2.24, 2.45) is 41.2 Å². The van der Waals surface area contributed by atoms with Crippen molar-refractivity contribution in [2.75, 3.05) is 39.6 Å². The lowest BCUT2D eigenvalue weighted by Gasteiger charge is -2.46. The number of primary amides is 1. The minimum atomic E-state index is -4.36. The summed E-state index contributed by atoms with van der Waals surface area (Å²) < 4.78 is 90.1. The van der Waals surface area contributed by atoms with E-state index in [1.807, 2.05) is 74.5 Å². The Morgan fingerprint density at radius 1 is 0.610 bits per heavy atom. The van der Waals surface area contributed by atoms with Gasteiger partial charge in [-0.3, -0.25) is 31.9 Å². The van der Waals surface area contributed by atoms with Crippen molar-refractivity contribution in [3.8, 4) is 12.1 Å². The molecule has 0 spiro atoms. The fraction of sp³-hybridized carbons (Fsp3) is 0.925. The van der Waals surface area contributed by atoms with E-state index in [0.29, 0.717) is 32.3 Å². The molecule has 3 aliphatic rings. The number of aliphatic hydroxyl groups is 1. The average molecular weight is 880 g/mol. The molecule has 0 saturated carbocycles. The molecule has 3 fully saturated rings. The number of aliphatic hydroxyl groups excluding tert-OH is 1. The number of amides is 1. The molecular formula is C40H71N3O14P2. The van der Waals surface area contributed by atoms with Crippen LogP contribution in [0, 0.1) is 58.2 Å². The Labute approximate surface area is 351 Å². The molecule has 0 aromatic carbocycles. The largest absolute Gasteiger partial charge is 0.475 e. The molecule has 340 valence electrons. The maximum absolute atomic E-state index is 14.6. The molecule has 3 aliphatic heterocycles. The lowest BCUT2D eigenvalue weighted by Crippen LogP contribution is -2.52. The van der Waals surface area contributed by atoms with Gasteiger partial charge < -0.3 is 29.8 Å². The highest BCUT2D eigenvalue weighted by atomic mass is 31.2. The minimum absolute atomic E-state index is 0.0523. The van der Waals surface area contributed by atoms with Crippen LogP contribution in [-0.2, 0) is 60.0 Å². The zero-order valence-electron chi connectivity index (χ0n) is 36.5. The first-order valence-electron chi connectivity index (χ1n) is 21.4. The van der Waals surface area contributed by atoms with Crippen molar-refractivity contribution in [2.45, 2.75) is 162 Å². The number of nitrogens with zero attached hydrogens (tertiary/aromatic N) is 2. The van der Waals surface area contributed by atoms with Crippen LogP contribution >= 0.6 is 15.6 Å². The summed E-state index contributed by atoms with van der Waals surface area (Å²) in [4.78, 5) is 11.2. The third-order valence-corrected chi connectivity index (χ3v) is 15.1. The van der Waals surface area contributed by atoms with E-state index in [1.54, 1.807) is 0 Å². The van der Waals surface area contributed by atoms with E-state index < -0.39 is 70.2 Å². The summed E-state index contributed by atoms with van der Waals surface area (Å²) in [7, 11) is -8.70. The van der Waals surface area contributed by atoms with Gasteiger partial charge in [-0.15, -0.1) is 0 Å². The topological polar surface area (TPSA) is 237 Å². The standard InChI is InChI=1S/C40H71N3O14P2/c1-10-31-25(4)38(45)26(5)35(53-31)23-51-58(46,49-20-14-17-41)57-40-28(7)33(12-3)55-36(30(40)9)24-52-59(47,50-21-15-18-42)56-39-27(6)32(11-2)54-34(29(39)8)22-48-19-13-16-37(43)44/h25-36,38-40,45H,10-16,19-24H2,1-9H3,(H2,43,44)/t25?,26?,27?,28?,29?,30?,31-,32-,33-,34+,35+,36+,38?,39?,40?,58?,59?/m1/s1. The van der Waals surface area contributed by atoms with Gasteiger partial charge in [-0.05, 0) is 25.7 Å². The van der Waals surface area contributed by atoms with Gasteiger partial charge in [0.1, 0.15) is 0 Å². The van der Waals surface area contributed by atoms with Crippen LogP contribution < -0.4 is 5.73 Å². The highest BCUT2D eigenvalue weighted by Gasteiger charge is 2.50. The second-order valence-electron chi connectivity index (χ2n) is 16.3. The molecule has 0 radical (unpaired) electrons. The number of nitrogens with two attached hydrogens (primary N) is 1. The fourth-order valence-corrected chi connectivity index (χ4v) is 11.3.